The lowest BCUT2D eigenvalue weighted by molar-refractivity contribution is -0.189. The van der Waals surface area contributed by atoms with Crippen LogP contribution in [-0.4, -0.2) is 148 Å². The molecule has 5 heterocycles. The molecule has 0 spiro atoms. The second kappa shape index (κ2) is 20.7. The molecule has 3 aliphatic heterocycles. The summed E-state index contributed by atoms with van der Waals surface area (Å²) in [4.78, 5) is 83.3. The molecule has 2 saturated heterocycles. The maximum atomic E-state index is 14.6. The first-order chi connectivity index (χ1) is 31.7. The molecule has 6 rings (SSSR count). The lowest BCUT2D eigenvalue weighted by Crippen LogP contribution is -2.67. The van der Waals surface area contributed by atoms with E-state index in [-0.39, 0.29) is 56.4 Å². The quantitative estimate of drug-likeness (QED) is 0.0945. The van der Waals surface area contributed by atoms with E-state index in [1.807, 2.05) is 59.1 Å². The second-order valence-electron chi connectivity index (χ2n) is 18.7. The van der Waals surface area contributed by atoms with E-state index in [0.717, 1.165) is 33.3 Å². The summed E-state index contributed by atoms with van der Waals surface area (Å²) in [6.45, 7) is 22.6. The van der Waals surface area contributed by atoms with Crippen LogP contribution in [0.25, 0.3) is 27.7 Å². The van der Waals surface area contributed by atoms with Gasteiger partial charge in [0.15, 0.2) is 0 Å². The number of cyclic esters (lactones) is 1. The number of urea groups is 1. The number of aliphatic imine (C=N–C) groups is 1. The van der Waals surface area contributed by atoms with E-state index in [9.17, 15) is 29.1 Å². The van der Waals surface area contributed by atoms with E-state index >= 15 is 0 Å². The zero-order chi connectivity index (χ0) is 49.1. The first-order valence-corrected chi connectivity index (χ1v) is 23.8. The summed E-state index contributed by atoms with van der Waals surface area (Å²) in [5.41, 5.74) is 5.75. The molecule has 3 N–H and O–H groups in total. The number of hydrazine groups is 1. The number of aryl methyl sites for hydroxylation is 1. The highest BCUT2D eigenvalue weighted by Gasteiger charge is 2.46. The van der Waals surface area contributed by atoms with Crippen LogP contribution in [0.2, 0.25) is 0 Å². The molecule has 5 amide bonds. The van der Waals surface area contributed by atoms with Crippen LogP contribution in [0.15, 0.2) is 59.6 Å². The Bertz CT molecular complexity index is 2470. The molecule has 362 valence electrons. The summed E-state index contributed by atoms with van der Waals surface area (Å²) in [5.74, 6) is -2.71. The lowest BCUT2D eigenvalue weighted by Gasteiger charge is -2.45. The van der Waals surface area contributed by atoms with Crippen molar-refractivity contribution in [3.63, 3.8) is 0 Å². The molecule has 4 atom stereocenters. The zero-order valence-electron chi connectivity index (χ0n) is 40.6. The normalized spacial score (nSPS) is 21.5. The fourth-order valence-electron chi connectivity index (χ4n) is 9.23. The first-order valence-electron chi connectivity index (χ1n) is 22.9. The fraction of sp³-hybridized carbons (Fsp3) is 0.531. The highest BCUT2D eigenvalue weighted by Crippen LogP contribution is 2.40. The minimum absolute atomic E-state index is 0.0257. The minimum atomic E-state index is -2.25. The smallest absolute Gasteiger partial charge is 0.355 e. The Morgan fingerprint density at radius 1 is 1.16 bits per heavy atom. The van der Waals surface area contributed by atoms with Crippen LogP contribution in [0.4, 0.5) is 4.79 Å². The standard InChI is InChI=1S/C49H67N9O8S/c1-13-33(41(50-15-3)30(7)65-12)43-35-24-48(8,9)28-66-46(62)49(64)20-17-21-58(53-49)45(61)36(23-39-51-37(27-67-39)31-18-19-38(34(35)22-31)57(43)16-4)52-44(60)42(29(5)6)55(11)47(63)54(10)32-25-56(26-32)40(59)14-2/h13-15,18-19,22,27,29-30,32,36,42,53,64H,1-2,16-17,20-21,23-26,28H2,3-12H3,(H,52,60)/b41-33+,50-15?/t30-,36-,42-,49-/m0/s1. The second-order valence-corrected chi connectivity index (χ2v) is 19.7. The van der Waals surface area contributed by atoms with E-state index in [4.69, 9.17) is 19.5 Å². The van der Waals surface area contributed by atoms with Gasteiger partial charge in [0.05, 0.1) is 40.8 Å². The third-order valence-electron chi connectivity index (χ3n) is 13.0. The van der Waals surface area contributed by atoms with Crippen LogP contribution in [0.3, 0.4) is 0 Å². The van der Waals surface area contributed by atoms with Gasteiger partial charge in [-0.15, -0.1) is 11.3 Å². The Balaban J connectivity index is 1.42. The average molecular weight is 942 g/mol. The lowest BCUT2D eigenvalue weighted by atomic mass is 9.84. The van der Waals surface area contributed by atoms with Gasteiger partial charge in [0, 0.05) is 99.3 Å². The molecule has 18 heteroatoms. The fourth-order valence-corrected chi connectivity index (χ4v) is 10.1. The van der Waals surface area contributed by atoms with Crippen molar-refractivity contribution in [3.8, 4) is 11.3 Å². The number of aliphatic hydroxyl groups is 1. The number of methoxy groups -OCH3 is 1. The molecule has 0 saturated carbocycles. The summed E-state index contributed by atoms with van der Waals surface area (Å²) in [6.07, 6.45) is 5.07. The van der Waals surface area contributed by atoms with Gasteiger partial charge in [-0.05, 0) is 63.3 Å². The number of amides is 5. The van der Waals surface area contributed by atoms with E-state index in [2.05, 4.69) is 47.5 Å². The number of carbonyl (C=O) groups is 5. The monoisotopic (exact) mass is 941 g/mol. The van der Waals surface area contributed by atoms with E-state index in [0.29, 0.717) is 42.5 Å². The number of hydrogen-bond donors (Lipinski definition) is 3. The van der Waals surface area contributed by atoms with Crippen LogP contribution in [0.5, 0.6) is 0 Å². The topological polar surface area (TPSA) is 191 Å². The Labute approximate surface area is 397 Å². The van der Waals surface area contributed by atoms with Crippen molar-refractivity contribution in [2.24, 2.45) is 16.3 Å². The number of ether oxygens (including phenoxy) is 2. The number of likely N-dealkylation sites (N-methyl/N-ethyl adjacent to an activating group) is 2. The Hall–Kier alpha value is -5.69. The van der Waals surface area contributed by atoms with Gasteiger partial charge in [0.25, 0.3) is 5.91 Å². The van der Waals surface area contributed by atoms with Gasteiger partial charge in [-0.2, -0.15) is 5.43 Å². The summed E-state index contributed by atoms with van der Waals surface area (Å²) in [6, 6.07) is 3.29. The molecular formula is C49H67N9O8S. The largest absolute Gasteiger partial charge is 0.462 e. The number of nitrogens with zero attached hydrogens (tertiary/aromatic N) is 7. The van der Waals surface area contributed by atoms with Crippen LogP contribution in [0.1, 0.15) is 77.6 Å². The summed E-state index contributed by atoms with van der Waals surface area (Å²) in [5, 5.41) is 19.4. The number of likely N-dealkylation sites (tertiary alicyclic amines) is 1. The predicted molar refractivity (Wildman–Crippen MR) is 260 cm³/mol. The number of rotatable bonds is 12. The number of fused-ring (bicyclic) bond motifs is 6. The molecule has 67 heavy (non-hydrogen) atoms. The molecule has 0 aliphatic carbocycles. The summed E-state index contributed by atoms with van der Waals surface area (Å²) >= 11 is 1.34. The SMILES string of the molecule is C=CC(=O)N1CC(N(C)C(=O)N(C)[C@H](C(=O)N[C@H]2Cc3nc(cs3)-c3ccc4c(c3)c(c(/C(C=C)=C(/N=CC)[C@H](C)OC)n4CC)CC(C)(C)COC(=O)[C@@]3(O)CCCN(N3)C2=O)C(C)C)C1. The molecule has 0 radical (unpaired) electrons. The van der Waals surface area contributed by atoms with Gasteiger partial charge in [-0.25, -0.2) is 14.6 Å². The van der Waals surface area contributed by atoms with Crippen molar-refractivity contribution in [3.05, 3.63) is 70.9 Å². The highest BCUT2D eigenvalue weighted by atomic mass is 32.1. The van der Waals surface area contributed by atoms with E-state index in [1.165, 1.54) is 32.2 Å². The number of hydrogen-bond acceptors (Lipinski definition) is 12. The van der Waals surface area contributed by atoms with Crippen LogP contribution >= 0.6 is 11.3 Å². The molecule has 17 nitrogen and oxygen atoms in total. The third-order valence-corrected chi connectivity index (χ3v) is 13.8. The van der Waals surface area contributed by atoms with Gasteiger partial charge < -0.3 is 39.2 Å². The molecule has 2 fully saturated rings. The number of aromatic nitrogens is 2. The predicted octanol–water partition coefficient (Wildman–Crippen LogP) is 5.18. The van der Waals surface area contributed by atoms with Crippen molar-refractivity contribution in [1.29, 1.82) is 0 Å². The Morgan fingerprint density at radius 3 is 2.51 bits per heavy atom. The van der Waals surface area contributed by atoms with Gasteiger partial charge in [-0.3, -0.25) is 24.4 Å². The van der Waals surface area contributed by atoms with Gasteiger partial charge in [-0.1, -0.05) is 53.0 Å². The number of benzene rings is 1. The van der Waals surface area contributed by atoms with Crippen LogP contribution in [-0.2, 0) is 48.0 Å². The maximum absolute atomic E-state index is 14.6. The molecular weight excluding hydrogens is 875 g/mol. The molecule has 2 aromatic heterocycles. The van der Waals surface area contributed by atoms with Crippen LogP contribution in [0, 0.1) is 11.3 Å². The van der Waals surface area contributed by atoms with Gasteiger partial charge in [0.1, 0.15) is 12.1 Å². The molecule has 1 aromatic carbocycles. The summed E-state index contributed by atoms with van der Waals surface area (Å²) in [7, 11) is 4.81. The zero-order valence-corrected chi connectivity index (χ0v) is 41.4. The molecule has 3 aliphatic rings. The van der Waals surface area contributed by atoms with Crippen molar-refractivity contribution in [2.45, 2.75) is 111 Å². The third kappa shape index (κ3) is 10.4. The van der Waals surface area contributed by atoms with Gasteiger partial charge >= 0.3 is 12.0 Å². The number of allylic oxidation sites excluding steroid dienone is 2. The number of esters is 1. The highest BCUT2D eigenvalue weighted by molar-refractivity contribution is 7.10. The van der Waals surface area contributed by atoms with Gasteiger partial charge in [0.2, 0.25) is 17.5 Å². The summed E-state index contributed by atoms with van der Waals surface area (Å²) < 4.78 is 14.0. The number of nitrogens with one attached hydrogen (secondary N) is 2. The number of carbonyl (C=O) groups excluding carboxylic acids is 5. The molecule has 3 aromatic rings. The molecule has 0 unspecified atom stereocenters. The maximum Gasteiger partial charge on any atom is 0.355 e. The Morgan fingerprint density at radius 2 is 1.88 bits per heavy atom. The van der Waals surface area contributed by atoms with Crippen molar-refractivity contribution >= 4 is 63.7 Å². The number of thiazole rings is 1. The van der Waals surface area contributed by atoms with E-state index in [1.54, 1.807) is 32.3 Å². The van der Waals surface area contributed by atoms with E-state index < -0.39 is 47.0 Å². The van der Waals surface area contributed by atoms with Crippen molar-refractivity contribution < 1.29 is 38.6 Å². The average Bonchev–Trinajstić information content (AvgIpc) is 3.87. The van der Waals surface area contributed by atoms with Crippen molar-refractivity contribution in [2.75, 3.05) is 47.4 Å². The van der Waals surface area contributed by atoms with Crippen molar-refractivity contribution in [1.82, 2.24) is 40.0 Å². The van der Waals surface area contributed by atoms with Crippen LogP contribution < -0.4 is 10.7 Å². The molecule has 6 bridgehead atoms. The first kappa shape index (κ1) is 50.7. The minimum Gasteiger partial charge on any atom is -0.462 e. The Kier molecular flexibility index (Phi) is 15.6.